The Labute approximate surface area is 162 Å². The minimum atomic E-state index is -4.36. The van der Waals surface area contributed by atoms with Crippen molar-refractivity contribution in [3.05, 3.63) is 52.9 Å². The van der Waals surface area contributed by atoms with Crippen molar-refractivity contribution in [1.29, 1.82) is 0 Å². The Hall–Kier alpha value is -2.77. The van der Waals surface area contributed by atoms with Gasteiger partial charge in [0.2, 0.25) is 5.91 Å². The molecule has 1 amide bonds. The standard InChI is InChI=1S/C20H23F3N4O/c1-14-18(15(2)25(3)24-14)7-8-19(28)27-11-9-26(10-12-27)17-6-4-5-16(13-17)20(21,22)23/h4-8,13H,9-12H2,1-3H3/b8-7+. The van der Waals surface area contributed by atoms with E-state index >= 15 is 0 Å². The van der Waals surface area contributed by atoms with Crippen molar-refractivity contribution in [2.75, 3.05) is 31.1 Å². The van der Waals surface area contributed by atoms with Gasteiger partial charge in [0.05, 0.1) is 11.3 Å². The van der Waals surface area contributed by atoms with Gasteiger partial charge in [-0.25, -0.2) is 0 Å². The molecule has 150 valence electrons. The summed E-state index contributed by atoms with van der Waals surface area (Å²) in [7, 11) is 1.86. The number of carbonyl (C=O) groups excluding carboxylic acids is 1. The van der Waals surface area contributed by atoms with Crippen molar-refractivity contribution in [1.82, 2.24) is 14.7 Å². The zero-order valence-electron chi connectivity index (χ0n) is 16.1. The van der Waals surface area contributed by atoms with Crippen LogP contribution < -0.4 is 4.90 Å². The first-order valence-corrected chi connectivity index (χ1v) is 9.06. The number of hydrogen-bond donors (Lipinski definition) is 0. The second-order valence-corrected chi connectivity index (χ2v) is 6.90. The minimum absolute atomic E-state index is 0.105. The van der Waals surface area contributed by atoms with E-state index in [-0.39, 0.29) is 5.91 Å². The maximum absolute atomic E-state index is 12.9. The minimum Gasteiger partial charge on any atom is -0.368 e. The second kappa shape index (κ2) is 7.69. The van der Waals surface area contributed by atoms with E-state index in [1.54, 1.807) is 21.7 Å². The van der Waals surface area contributed by atoms with Gasteiger partial charge in [0.15, 0.2) is 0 Å². The van der Waals surface area contributed by atoms with Gasteiger partial charge in [-0.2, -0.15) is 18.3 Å². The van der Waals surface area contributed by atoms with Crippen LogP contribution in [0.4, 0.5) is 18.9 Å². The SMILES string of the molecule is Cc1nn(C)c(C)c1/C=C/C(=O)N1CCN(c2cccc(C(F)(F)F)c2)CC1. The van der Waals surface area contributed by atoms with Gasteiger partial charge >= 0.3 is 6.18 Å². The van der Waals surface area contributed by atoms with E-state index in [1.807, 2.05) is 25.8 Å². The fourth-order valence-electron chi connectivity index (χ4n) is 3.36. The predicted octanol–water partition coefficient (Wildman–Crippen LogP) is 3.42. The Morgan fingerprint density at radius 3 is 2.39 bits per heavy atom. The summed E-state index contributed by atoms with van der Waals surface area (Å²) in [5.74, 6) is -0.105. The van der Waals surface area contributed by atoms with Crippen LogP contribution in [-0.4, -0.2) is 46.8 Å². The van der Waals surface area contributed by atoms with Crippen LogP contribution in [0.5, 0.6) is 0 Å². The summed E-state index contributed by atoms with van der Waals surface area (Å²) in [6.07, 6.45) is -1.04. The van der Waals surface area contributed by atoms with Crippen LogP contribution in [0.1, 0.15) is 22.5 Å². The lowest BCUT2D eigenvalue weighted by atomic mass is 10.1. The summed E-state index contributed by atoms with van der Waals surface area (Å²) in [6, 6.07) is 5.30. The largest absolute Gasteiger partial charge is 0.416 e. The summed E-state index contributed by atoms with van der Waals surface area (Å²) >= 11 is 0. The topological polar surface area (TPSA) is 41.4 Å². The average Bonchev–Trinajstić information content (AvgIpc) is 2.91. The molecule has 1 aromatic carbocycles. The van der Waals surface area contributed by atoms with Crippen LogP contribution in [-0.2, 0) is 18.0 Å². The number of hydrogen-bond acceptors (Lipinski definition) is 3. The number of benzene rings is 1. The monoisotopic (exact) mass is 392 g/mol. The molecular weight excluding hydrogens is 369 g/mol. The van der Waals surface area contributed by atoms with E-state index in [2.05, 4.69) is 5.10 Å². The van der Waals surface area contributed by atoms with Crippen molar-refractivity contribution in [2.24, 2.45) is 7.05 Å². The third kappa shape index (κ3) is 4.21. The molecule has 3 rings (SSSR count). The molecule has 2 aromatic rings. The van der Waals surface area contributed by atoms with Crippen molar-refractivity contribution >= 4 is 17.7 Å². The summed E-state index contributed by atoms with van der Waals surface area (Å²) in [4.78, 5) is 16.1. The van der Waals surface area contributed by atoms with Crippen LogP contribution in [0, 0.1) is 13.8 Å². The predicted molar refractivity (Wildman–Crippen MR) is 102 cm³/mol. The lowest BCUT2D eigenvalue weighted by molar-refractivity contribution is -0.137. The van der Waals surface area contributed by atoms with Crippen LogP contribution in [0.15, 0.2) is 30.3 Å². The number of alkyl halides is 3. The van der Waals surface area contributed by atoms with E-state index in [4.69, 9.17) is 0 Å². The van der Waals surface area contributed by atoms with E-state index in [9.17, 15) is 18.0 Å². The molecule has 8 heteroatoms. The number of halogens is 3. The molecule has 0 atom stereocenters. The fourth-order valence-corrected chi connectivity index (χ4v) is 3.36. The number of aromatic nitrogens is 2. The lowest BCUT2D eigenvalue weighted by Crippen LogP contribution is -2.48. The van der Waals surface area contributed by atoms with Gasteiger partial charge in [0, 0.05) is 56.2 Å². The molecule has 1 saturated heterocycles. The fraction of sp³-hybridized carbons (Fsp3) is 0.400. The summed E-state index contributed by atoms with van der Waals surface area (Å²) in [5.41, 5.74) is 2.64. The first kappa shape index (κ1) is 20.0. The third-order valence-corrected chi connectivity index (χ3v) is 5.09. The Balaban J connectivity index is 1.62. The van der Waals surface area contributed by atoms with Crippen LogP contribution >= 0.6 is 0 Å². The van der Waals surface area contributed by atoms with E-state index in [0.29, 0.717) is 31.9 Å². The summed E-state index contributed by atoms with van der Waals surface area (Å²) < 4.78 is 40.5. The van der Waals surface area contributed by atoms with Gasteiger partial charge in [-0.3, -0.25) is 9.48 Å². The van der Waals surface area contributed by atoms with Gasteiger partial charge < -0.3 is 9.80 Å². The smallest absolute Gasteiger partial charge is 0.368 e. The highest BCUT2D eigenvalue weighted by molar-refractivity contribution is 5.92. The molecule has 0 aliphatic carbocycles. The van der Waals surface area contributed by atoms with E-state index in [1.165, 1.54) is 12.1 Å². The van der Waals surface area contributed by atoms with Crippen molar-refractivity contribution in [2.45, 2.75) is 20.0 Å². The highest BCUT2D eigenvalue weighted by atomic mass is 19.4. The molecule has 1 aromatic heterocycles. The van der Waals surface area contributed by atoms with Crippen molar-refractivity contribution < 1.29 is 18.0 Å². The molecule has 2 heterocycles. The van der Waals surface area contributed by atoms with Crippen molar-refractivity contribution in [3.8, 4) is 0 Å². The van der Waals surface area contributed by atoms with Crippen LogP contribution in [0.25, 0.3) is 6.08 Å². The molecule has 1 fully saturated rings. The number of piperazine rings is 1. The number of nitrogens with zero attached hydrogens (tertiary/aromatic N) is 4. The summed E-state index contributed by atoms with van der Waals surface area (Å²) in [6.45, 7) is 5.75. The Morgan fingerprint density at radius 2 is 1.82 bits per heavy atom. The molecular formula is C20H23F3N4O. The van der Waals surface area contributed by atoms with Gasteiger partial charge in [-0.1, -0.05) is 6.07 Å². The van der Waals surface area contributed by atoms with Gasteiger partial charge in [0.25, 0.3) is 0 Å². The molecule has 0 N–H and O–H groups in total. The molecule has 0 bridgehead atoms. The molecule has 1 aliphatic rings. The Morgan fingerprint density at radius 1 is 1.14 bits per heavy atom. The zero-order valence-corrected chi connectivity index (χ0v) is 16.1. The maximum atomic E-state index is 12.9. The second-order valence-electron chi connectivity index (χ2n) is 6.90. The Bertz CT molecular complexity index is 893. The van der Waals surface area contributed by atoms with Gasteiger partial charge in [-0.05, 0) is 38.1 Å². The summed E-state index contributed by atoms with van der Waals surface area (Å²) in [5, 5.41) is 4.32. The quantitative estimate of drug-likeness (QED) is 0.752. The number of amides is 1. The lowest BCUT2D eigenvalue weighted by Gasteiger charge is -2.35. The molecule has 0 radical (unpaired) electrons. The molecule has 1 aliphatic heterocycles. The van der Waals surface area contributed by atoms with E-state index < -0.39 is 11.7 Å². The van der Waals surface area contributed by atoms with Gasteiger partial charge in [-0.15, -0.1) is 0 Å². The maximum Gasteiger partial charge on any atom is 0.416 e. The van der Waals surface area contributed by atoms with Crippen LogP contribution in [0.2, 0.25) is 0 Å². The van der Waals surface area contributed by atoms with Crippen LogP contribution in [0.3, 0.4) is 0 Å². The number of aryl methyl sites for hydroxylation is 2. The average molecular weight is 392 g/mol. The number of carbonyl (C=O) groups is 1. The normalized spacial score (nSPS) is 15.5. The van der Waals surface area contributed by atoms with Crippen molar-refractivity contribution in [3.63, 3.8) is 0 Å². The van der Waals surface area contributed by atoms with Gasteiger partial charge in [0.1, 0.15) is 0 Å². The van der Waals surface area contributed by atoms with E-state index in [0.717, 1.165) is 29.1 Å². The molecule has 0 spiro atoms. The number of anilines is 1. The molecule has 28 heavy (non-hydrogen) atoms. The first-order valence-electron chi connectivity index (χ1n) is 9.06. The highest BCUT2D eigenvalue weighted by Crippen LogP contribution is 2.31. The molecule has 0 saturated carbocycles. The highest BCUT2D eigenvalue weighted by Gasteiger charge is 2.31. The zero-order chi connectivity index (χ0) is 20.5. The Kier molecular flexibility index (Phi) is 5.49. The first-order chi connectivity index (χ1) is 13.2. The molecule has 0 unspecified atom stereocenters. The molecule has 5 nitrogen and oxygen atoms in total. The third-order valence-electron chi connectivity index (χ3n) is 5.09. The number of rotatable bonds is 3.